The number of carboxylic acids is 1. The molecule has 1 fully saturated rings. The Hall–Kier alpha value is -3.22. The quantitative estimate of drug-likeness (QED) is 0.778. The van der Waals surface area contributed by atoms with Gasteiger partial charge in [0.05, 0.1) is 18.4 Å². The third-order valence-electron chi connectivity index (χ3n) is 5.10. The molecule has 7 nitrogen and oxygen atoms in total. The van der Waals surface area contributed by atoms with Gasteiger partial charge in [-0.2, -0.15) is 0 Å². The molecule has 0 unspecified atom stereocenters. The summed E-state index contributed by atoms with van der Waals surface area (Å²) in [6, 6.07) is 13.2. The molecule has 7 heteroatoms. The number of nitrogens with one attached hydrogen (secondary N) is 1. The summed E-state index contributed by atoms with van der Waals surface area (Å²) in [4.78, 5) is 28.1. The average Bonchev–Trinajstić information content (AvgIpc) is 2.74. The van der Waals surface area contributed by atoms with Crippen molar-refractivity contribution in [2.75, 3.05) is 48.4 Å². The Bertz CT molecular complexity index is 872. The van der Waals surface area contributed by atoms with Gasteiger partial charge in [-0.05, 0) is 42.5 Å². The maximum absolute atomic E-state index is 12.0. The molecule has 2 aromatic carbocycles. The highest BCUT2D eigenvalue weighted by Gasteiger charge is 2.21. The second-order valence-corrected chi connectivity index (χ2v) is 7.35. The molecule has 154 valence electrons. The summed E-state index contributed by atoms with van der Waals surface area (Å²) in [7, 11) is 1.65. The van der Waals surface area contributed by atoms with Crippen molar-refractivity contribution in [2.45, 2.75) is 13.8 Å². The summed E-state index contributed by atoms with van der Waals surface area (Å²) < 4.78 is 5.21. The van der Waals surface area contributed by atoms with Crippen LogP contribution in [0.15, 0.2) is 42.5 Å². The molecule has 2 aromatic rings. The number of aromatic carboxylic acids is 1. The summed E-state index contributed by atoms with van der Waals surface area (Å²) >= 11 is 0. The SMILES string of the molecule is COc1ccc(N2CCN(c3ccc(NC(=O)C(C)C)c(C(=O)O)c3)CC2)cc1. The average molecular weight is 397 g/mol. The molecule has 1 amide bonds. The van der Waals surface area contributed by atoms with Crippen LogP contribution in [0.2, 0.25) is 0 Å². The largest absolute Gasteiger partial charge is 0.497 e. The van der Waals surface area contributed by atoms with E-state index < -0.39 is 5.97 Å². The van der Waals surface area contributed by atoms with Crippen LogP contribution in [-0.2, 0) is 4.79 Å². The highest BCUT2D eigenvalue weighted by Crippen LogP contribution is 2.26. The number of ether oxygens (including phenoxy) is 1. The van der Waals surface area contributed by atoms with Crippen LogP contribution in [0.5, 0.6) is 5.75 Å². The Morgan fingerprint density at radius 2 is 1.52 bits per heavy atom. The number of amides is 1. The van der Waals surface area contributed by atoms with Gasteiger partial charge in [-0.1, -0.05) is 13.8 Å². The van der Waals surface area contributed by atoms with E-state index in [0.29, 0.717) is 5.69 Å². The number of hydrogen-bond acceptors (Lipinski definition) is 5. The molecule has 29 heavy (non-hydrogen) atoms. The molecule has 0 bridgehead atoms. The third kappa shape index (κ3) is 4.80. The van der Waals surface area contributed by atoms with E-state index in [2.05, 4.69) is 15.1 Å². The maximum atomic E-state index is 12.0. The molecular formula is C22H27N3O4. The van der Waals surface area contributed by atoms with E-state index in [1.165, 1.54) is 0 Å². The van der Waals surface area contributed by atoms with Gasteiger partial charge >= 0.3 is 5.97 Å². The molecule has 1 aliphatic rings. The summed E-state index contributed by atoms with van der Waals surface area (Å²) in [6.45, 7) is 6.77. The number of methoxy groups -OCH3 is 1. The van der Waals surface area contributed by atoms with E-state index >= 15 is 0 Å². The van der Waals surface area contributed by atoms with Crippen LogP contribution in [0.25, 0.3) is 0 Å². The fraction of sp³-hybridized carbons (Fsp3) is 0.364. The van der Waals surface area contributed by atoms with Crippen LogP contribution in [0.3, 0.4) is 0 Å². The van der Waals surface area contributed by atoms with Crippen LogP contribution < -0.4 is 19.9 Å². The Morgan fingerprint density at radius 1 is 0.966 bits per heavy atom. The first-order valence-electron chi connectivity index (χ1n) is 9.71. The lowest BCUT2D eigenvalue weighted by atomic mass is 10.1. The number of carboxylic acid groups (broad SMARTS) is 1. The molecule has 0 atom stereocenters. The zero-order valence-electron chi connectivity index (χ0n) is 17.0. The molecular weight excluding hydrogens is 370 g/mol. The van der Waals surface area contributed by atoms with Gasteiger partial charge in [0.25, 0.3) is 0 Å². The van der Waals surface area contributed by atoms with Gasteiger partial charge in [-0.15, -0.1) is 0 Å². The van der Waals surface area contributed by atoms with E-state index in [0.717, 1.165) is 43.3 Å². The summed E-state index contributed by atoms with van der Waals surface area (Å²) in [5, 5.41) is 12.3. The van der Waals surface area contributed by atoms with Gasteiger partial charge in [0.15, 0.2) is 0 Å². The number of carbonyl (C=O) groups excluding carboxylic acids is 1. The van der Waals surface area contributed by atoms with Crippen molar-refractivity contribution in [3.8, 4) is 5.75 Å². The lowest BCUT2D eigenvalue weighted by Crippen LogP contribution is -2.46. The molecule has 0 spiro atoms. The molecule has 1 saturated heterocycles. The van der Waals surface area contributed by atoms with Crippen molar-refractivity contribution in [2.24, 2.45) is 5.92 Å². The van der Waals surface area contributed by atoms with Crippen molar-refractivity contribution in [1.29, 1.82) is 0 Å². The molecule has 0 aliphatic carbocycles. The maximum Gasteiger partial charge on any atom is 0.337 e. The molecule has 2 N–H and O–H groups in total. The van der Waals surface area contributed by atoms with Crippen molar-refractivity contribution >= 4 is 28.9 Å². The van der Waals surface area contributed by atoms with Gasteiger partial charge in [-0.25, -0.2) is 4.79 Å². The Labute approximate surface area is 170 Å². The molecule has 0 radical (unpaired) electrons. The van der Waals surface area contributed by atoms with E-state index in [4.69, 9.17) is 4.74 Å². The standard InChI is InChI=1S/C22H27N3O4/c1-15(2)21(26)23-20-9-6-17(14-19(20)22(27)28)25-12-10-24(11-13-25)16-4-7-18(29-3)8-5-16/h4-9,14-15H,10-13H2,1-3H3,(H,23,26)(H,27,28). The highest BCUT2D eigenvalue weighted by atomic mass is 16.5. The van der Waals surface area contributed by atoms with E-state index in [1.54, 1.807) is 33.1 Å². The number of piperazine rings is 1. The summed E-state index contributed by atoms with van der Waals surface area (Å²) in [5.41, 5.74) is 2.42. The number of rotatable bonds is 6. The van der Waals surface area contributed by atoms with E-state index in [9.17, 15) is 14.7 Å². The summed E-state index contributed by atoms with van der Waals surface area (Å²) in [5.74, 6) is -0.642. The Kier molecular flexibility index (Phi) is 6.26. The predicted octanol–water partition coefficient (Wildman–Crippen LogP) is 3.31. The fourth-order valence-corrected chi connectivity index (χ4v) is 3.31. The van der Waals surface area contributed by atoms with E-state index in [1.807, 2.05) is 30.3 Å². The number of nitrogens with zero attached hydrogens (tertiary/aromatic N) is 2. The summed E-state index contributed by atoms with van der Waals surface area (Å²) in [6.07, 6.45) is 0. The minimum absolute atomic E-state index is 0.106. The lowest BCUT2D eigenvalue weighted by Gasteiger charge is -2.37. The minimum atomic E-state index is -1.05. The first-order chi connectivity index (χ1) is 13.9. The van der Waals surface area contributed by atoms with Crippen LogP contribution in [0.4, 0.5) is 17.1 Å². The monoisotopic (exact) mass is 397 g/mol. The van der Waals surface area contributed by atoms with Gasteiger partial charge in [0.2, 0.25) is 5.91 Å². The Morgan fingerprint density at radius 3 is 2.03 bits per heavy atom. The second-order valence-electron chi connectivity index (χ2n) is 7.35. The number of benzene rings is 2. The molecule has 1 heterocycles. The van der Waals surface area contributed by atoms with Crippen LogP contribution in [0, 0.1) is 5.92 Å². The zero-order valence-corrected chi connectivity index (χ0v) is 17.0. The number of hydrogen-bond donors (Lipinski definition) is 2. The van der Waals surface area contributed by atoms with E-state index in [-0.39, 0.29) is 17.4 Å². The number of carbonyl (C=O) groups is 2. The first kappa shape index (κ1) is 20.5. The van der Waals surface area contributed by atoms with Crippen LogP contribution in [-0.4, -0.2) is 50.3 Å². The molecule has 1 aliphatic heterocycles. The Balaban J connectivity index is 1.70. The van der Waals surface area contributed by atoms with Crippen molar-refractivity contribution in [1.82, 2.24) is 0 Å². The second kappa shape index (κ2) is 8.86. The molecule has 3 rings (SSSR count). The normalized spacial score (nSPS) is 14.1. The topological polar surface area (TPSA) is 82.1 Å². The fourth-order valence-electron chi connectivity index (χ4n) is 3.31. The van der Waals surface area contributed by atoms with Gasteiger partial charge in [-0.3, -0.25) is 4.79 Å². The number of anilines is 3. The highest BCUT2D eigenvalue weighted by molar-refractivity contribution is 6.01. The first-order valence-corrected chi connectivity index (χ1v) is 9.71. The van der Waals surface area contributed by atoms with Crippen LogP contribution >= 0.6 is 0 Å². The van der Waals surface area contributed by atoms with Gasteiger partial charge in [0.1, 0.15) is 5.75 Å². The minimum Gasteiger partial charge on any atom is -0.497 e. The van der Waals surface area contributed by atoms with Crippen molar-refractivity contribution in [3.05, 3.63) is 48.0 Å². The van der Waals surface area contributed by atoms with Crippen LogP contribution in [0.1, 0.15) is 24.2 Å². The van der Waals surface area contributed by atoms with Gasteiger partial charge in [0, 0.05) is 43.5 Å². The van der Waals surface area contributed by atoms with Crippen molar-refractivity contribution in [3.63, 3.8) is 0 Å². The molecule has 0 saturated carbocycles. The smallest absolute Gasteiger partial charge is 0.337 e. The van der Waals surface area contributed by atoms with Gasteiger partial charge < -0.3 is 25.0 Å². The van der Waals surface area contributed by atoms with Crippen molar-refractivity contribution < 1.29 is 19.4 Å². The third-order valence-corrected chi connectivity index (χ3v) is 5.10. The lowest BCUT2D eigenvalue weighted by molar-refractivity contribution is -0.118. The molecule has 0 aromatic heterocycles. The zero-order chi connectivity index (χ0) is 21.0. The predicted molar refractivity (Wildman–Crippen MR) is 114 cm³/mol.